The fourth-order valence-corrected chi connectivity index (χ4v) is 4.51. The number of aromatic carboxylic acids is 1. The van der Waals surface area contributed by atoms with Crippen LogP contribution in [0.25, 0.3) is 0 Å². The van der Waals surface area contributed by atoms with Crippen LogP contribution in [0.2, 0.25) is 0 Å². The van der Waals surface area contributed by atoms with Crippen molar-refractivity contribution in [2.24, 2.45) is 0 Å². The van der Waals surface area contributed by atoms with E-state index >= 15 is 0 Å². The number of aryl methyl sites for hydroxylation is 2. The van der Waals surface area contributed by atoms with Crippen molar-refractivity contribution >= 4 is 27.3 Å². The number of sulfonamides is 1. The van der Waals surface area contributed by atoms with Gasteiger partial charge >= 0.3 is 5.97 Å². The van der Waals surface area contributed by atoms with Crippen LogP contribution in [-0.4, -0.2) is 26.0 Å². The van der Waals surface area contributed by atoms with Gasteiger partial charge in [0.1, 0.15) is 9.09 Å². The van der Waals surface area contributed by atoms with Crippen molar-refractivity contribution < 1.29 is 18.3 Å². The summed E-state index contributed by atoms with van der Waals surface area (Å²) in [5.41, 5.74) is 1.61. The fraction of sp³-hybridized carbons (Fsp3) is 0.267. The smallest absolute Gasteiger partial charge is 0.346 e. The van der Waals surface area contributed by atoms with Crippen LogP contribution < -0.4 is 4.72 Å². The molecule has 0 aliphatic heterocycles. The van der Waals surface area contributed by atoms with Gasteiger partial charge in [-0.15, -0.1) is 11.3 Å². The van der Waals surface area contributed by atoms with Crippen molar-refractivity contribution in [2.45, 2.75) is 24.0 Å². The molecule has 2 rings (SSSR count). The van der Waals surface area contributed by atoms with Crippen LogP contribution in [0.5, 0.6) is 0 Å². The normalized spacial score (nSPS) is 11.5. The predicted molar refractivity (Wildman–Crippen MR) is 86.0 cm³/mol. The molecule has 2 aromatic rings. The highest BCUT2D eigenvalue weighted by Gasteiger charge is 2.21. The molecule has 1 aromatic carbocycles. The fourth-order valence-electron chi connectivity index (χ4n) is 2.01. The minimum Gasteiger partial charge on any atom is -0.477 e. The second kappa shape index (κ2) is 7.04. The van der Waals surface area contributed by atoms with Gasteiger partial charge in [0.15, 0.2) is 0 Å². The van der Waals surface area contributed by atoms with Gasteiger partial charge in [0.25, 0.3) is 0 Å². The molecule has 0 aliphatic carbocycles. The predicted octanol–water partition coefficient (Wildman–Crippen LogP) is 2.67. The highest BCUT2D eigenvalue weighted by Crippen LogP contribution is 2.25. The van der Waals surface area contributed by atoms with Crippen LogP contribution in [0.15, 0.2) is 40.6 Å². The Hall–Kier alpha value is -1.70. The van der Waals surface area contributed by atoms with E-state index in [1.165, 1.54) is 6.07 Å². The van der Waals surface area contributed by atoms with Crippen LogP contribution in [0.1, 0.15) is 27.2 Å². The minimum atomic E-state index is -3.64. The van der Waals surface area contributed by atoms with E-state index in [0.717, 1.165) is 23.3 Å². The summed E-state index contributed by atoms with van der Waals surface area (Å²) in [7, 11) is -3.64. The highest BCUT2D eigenvalue weighted by molar-refractivity contribution is 7.91. The molecule has 0 spiro atoms. The Labute approximate surface area is 133 Å². The SMILES string of the molecule is Cc1cc(S(=O)(=O)NCCCc2ccccc2)sc1C(=O)O. The van der Waals surface area contributed by atoms with Crippen molar-refractivity contribution in [1.82, 2.24) is 4.72 Å². The maximum Gasteiger partial charge on any atom is 0.346 e. The van der Waals surface area contributed by atoms with Crippen molar-refractivity contribution in [2.75, 3.05) is 6.54 Å². The van der Waals surface area contributed by atoms with Gasteiger partial charge in [0.2, 0.25) is 10.0 Å². The molecule has 0 saturated heterocycles. The van der Waals surface area contributed by atoms with E-state index in [-0.39, 0.29) is 9.09 Å². The lowest BCUT2D eigenvalue weighted by atomic mass is 10.1. The minimum absolute atomic E-state index is 0.0436. The number of carboxylic acids is 1. The molecule has 5 nitrogen and oxygen atoms in total. The van der Waals surface area contributed by atoms with Gasteiger partial charge in [-0.3, -0.25) is 0 Å². The zero-order valence-electron chi connectivity index (χ0n) is 12.1. The Morgan fingerprint density at radius 3 is 2.55 bits per heavy atom. The molecule has 22 heavy (non-hydrogen) atoms. The number of hydrogen-bond acceptors (Lipinski definition) is 4. The molecule has 0 aliphatic rings. The van der Waals surface area contributed by atoms with Crippen molar-refractivity contribution in [3.05, 3.63) is 52.4 Å². The number of rotatable bonds is 7. The Kier molecular flexibility index (Phi) is 5.33. The van der Waals surface area contributed by atoms with Gasteiger partial charge in [-0.1, -0.05) is 30.3 Å². The molecule has 0 saturated carbocycles. The molecule has 2 N–H and O–H groups in total. The average molecular weight is 339 g/mol. The van der Waals surface area contributed by atoms with E-state index < -0.39 is 16.0 Å². The molecule has 7 heteroatoms. The number of nitrogens with one attached hydrogen (secondary N) is 1. The standard InChI is InChI=1S/C15H17NO4S2/c1-11-10-13(21-14(11)15(17)18)22(19,20)16-9-5-8-12-6-3-2-4-7-12/h2-4,6-7,10,16H,5,8-9H2,1H3,(H,17,18). The summed E-state index contributed by atoms with van der Waals surface area (Å²) in [4.78, 5) is 11.0. The lowest BCUT2D eigenvalue weighted by Crippen LogP contribution is -2.24. The summed E-state index contributed by atoms with van der Waals surface area (Å²) in [6.45, 7) is 1.91. The van der Waals surface area contributed by atoms with E-state index in [9.17, 15) is 13.2 Å². The summed E-state index contributed by atoms with van der Waals surface area (Å²) >= 11 is 0.779. The Balaban J connectivity index is 1.94. The first-order valence-electron chi connectivity index (χ1n) is 6.77. The summed E-state index contributed by atoms with van der Waals surface area (Å²) in [5, 5.41) is 8.98. The van der Waals surface area contributed by atoms with Gasteiger partial charge in [-0.25, -0.2) is 17.9 Å². The van der Waals surface area contributed by atoms with E-state index in [4.69, 9.17) is 5.11 Å². The van der Waals surface area contributed by atoms with Crippen molar-refractivity contribution in [1.29, 1.82) is 0 Å². The quantitative estimate of drug-likeness (QED) is 0.760. The van der Waals surface area contributed by atoms with Crippen LogP contribution in [-0.2, 0) is 16.4 Å². The molecule has 118 valence electrons. The van der Waals surface area contributed by atoms with E-state index in [2.05, 4.69) is 4.72 Å². The number of thiophene rings is 1. The van der Waals surface area contributed by atoms with E-state index in [1.54, 1.807) is 6.92 Å². The van der Waals surface area contributed by atoms with Crippen LogP contribution >= 0.6 is 11.3 Å². The monoisotopic (exact) mass is 339 g/mol. The van der Waals surface area contributed by atoms with E-state index in [1.807, 2.05) is 30.3 Å². The summed E-state index contributed by atoms with van der Waals surface area (Å²) in [5.74, 6) is -1.10. The first-order chi connectivity index (χ1) is 10.4. The Morgan fingerprint density at radius 1 is 1.27 bits per heavy atom. The molecule has 1 heterocycles. The maximum atomic E-state index is 12.1. The van der Waals surface area contributed by atoms with Crippen molar-refractivity contribution in [3.8, 4) is 0 Å². The molecular formula is C15H17NO4S2. The molecule has 0 atom stereocenters. The third-order valence-corrected chi connectivity index (χ3v) is 6.29. The Bertz CT molecular complexity index is 751. The van der Waals surface area contributed by atoms with Crippen LogP contribution in [0.3, 0.4) is 0 Å². The first kappa shape index (κ1) is 16.7. The third-order valence-electron chi connectivity index (χ3n) is 3.13. The van der Waals surface area contributed by atoms with Crippen LogP contribution in [0.4, 0.5) is 0 Å². The topological polar surface area (TPSA) is 83.5 Å². The molecule has 0 fully saturated rings. The molecule has 0 amide bonds. The second-order valence-electron chi connectivity index (χ2n) is 4.87. The summed E-state index contributed by atoms with van der Waals surface area (Å²) in [6, 6.07) is 11.2. The molecular weight excluding hydrogens is 322 g/mol. The van der Waals surface area contributed by atoms with Crippen LogP contribution in [0, 0.1) is 6.92 Å². The molecule has 0 radical (unpaired) electrons. The van der Waals surface area contributed by atoms with Gasteiger partial charge in [-0.05, 0) is 37.0 Å². The van der Waals surface area contributed by atoms with Gasteiger partial charge in [-0.2, -0.15) is 0 Å². The number of benzene rings is 1. The summed E-state index contributed by atoms with van der Waals surface area (Å²) in [6.07, 6.45) is 1.46. The lowest BCUT2D eigenvalue weighted by molar-refractivity contribution is 0.0701. The lowest BCUT2D eigenvalue weighted by Gasteiger charge is -2.04. The van der Waals surface area contributed by atoms with Gasteiger partial charge in [0.05, 0.1) is 0 Å². The summed E-state index contributed by atoms with van der Waals surface area (Å²) < 4.78 is 26.8. The largest absolute Gasteiger partial charge is 0.477 e. The van der Waals surface area contributed by atoms with Gasteiger partial charge < -0.3 is 5.11 Å². The number of hydrogen-bond donors (Lipinski definition) is 2. The highest BCUT2D eigenvalue weighted by atomic mass is 32.2. The molecule has 0 unspecified atom stereocenters. The zero-order valence-corrected chi connectivity index (χ0v) is 13.7. The average Bonchev–Trinajstić information content (AvgIpc) is 2.88. The third kappa shape index (κ3) is 4.16. The van der Waals surface area contributed by atoms with E-state index in [0.29, 0.717) is 18.5 Å². The molecule has 1 aromatic heterocycles. The van der Waals surface area contributed by atoms with Crippen molar-refractivity contribution in [3.63, 3.8) is 0 Å². The number of carbonyl (C=O) groups is 1. The molecule has 0 bridgehead atoms. The van der Waals surface area contributed by atoms with Gasteiger partial charge in [0, 0.05) is 6.54 Å². The Morgan fingerprint density at radius 2 is 1.95 bits per heavy atom. The maximum absolute atomic E-state index is 12.1. The first-order valence-corrected chi connectivity index (χ1v) is 9.07. The second-order valence-corrected chi connectivity index (χ2v) is 7.92. The number of carboxylic acid groups (broad SMARTS) is 1. The zero-order chi connectivity index (χ0) is 16.2.